The molecule has 0 aliphatic carbocycles. The maximum Gasteiger partial charge on any atom is 0.150 e. The van der Waals surface area contributed by atoms with Gasteiger partial charge in [0.15, 0.2) is 0 Å². The van der Waals surface area contributed by atoms with E-state index in [0.29, 0.717) is 22.4 Å². The predicted octanol–water partition coefficient (Wildman–Crippen LogP) is 3.36. The van der Waals surface area contributed by atoms with Gasteiger partial charge in [-0.25, -0.2) is 0 Å². The number of methoxy groups -OCH3 is 1. The summed E-state index contributed by atoms with van der Waals surface area (Å²) in [5.74, 6) is 1.65. The first-order chi connectivity index (χ1) is 12.5. The summed E-state index contributed by atoms with van der Waals surface area (Å²) in [4.78, 5) is 2.37. The van der Waals surface area contributed by atoms with E-state index in [-0.39, 0.29) is 12.1 Å². The lowest BCUT2D eigenvalue weighted by atomic mass is 10.1. The largest absolute Gasteiger partial charge is 0.487 e. The van der Waals surface area contributed by atoms with E-state index in [1.807, 2.05) is 17.7 Å². The summed E-state index contributed by atoms with van der Waals surface area (Å²) in [5, 5.41) is 9.47. The van der Waals surface area contributed by atoms with Crippen LogP contribution in [0.3, 0.4) is 0 Å². The van der Waals surface area contributed by atoms with Gasteiger partial charge in [-0.3, -0.25) is 4.90 Å². The number of nitrogens with zero attached hydrogens (tertiary/aromatic N) is 4. The molecule has 2 atom stereocenters. The van der Waals surface area contributed by atoms with E-state index in [2.05, 4.69) is 21.2 Å². The second-order valence-corrected chi connectivity index (χ2v) is 7.58. The molecule has 138 valence electrons. The van der Waals surface area contributed by atoms with Crippen molar-refractivity contribution in [2.24, 2.45) is 7.05 Å². The van der Waals surface area contributed by atoms with Crippen molar-refractivity contribution >= 4 is 29.3 Å². The van der Waals surface area contributed by atoms with Gasteiger partial charge in [0.25, 0.3) is 0 Å². The minimum absolute atomic E-state index is 0.165. The lowest BCUT2D eigenvalue weighted by molar-refractivity contribution is 0.109. The van der Waals surface area contributed by atoms with E-state index in [4.69, 9.17) is 32.7 Å². The monoisotopic (exact) mass is 394 g/mol. The summed E-state index contributed by atoms with van der Waals surface area (Å²) in [6.45, 7) is 2.11. The van der Waals surface area contributed by atoms with Gasteiger partial charge in [-0.1, -0.05) is 23.2 Å². The molecule has 0 spiro atoms. The SMILES string of the molecule is CO[C@@H]1C[C@@H](c2nncn2C)N(CC2=Cc3cc(Cl)cc(Cl)c3OC2)C1. The lowest BCUT2D eigenvalue weighted by Gasteiger charge is -2.27. The van der Waals surface area contributed by atoms with Crippen molar-refractivity contribution in [3.05, 3.63) is 45.5 Å². The highest BCUT2D eigenvalue weighted by Gasteiger charge is 2.36. The standard InChI is InChI=1S/C18H20Cl2N4O2/c1-23-10-21-22-18(23)16-6-14(25-2)8-24(16)7-11-3-12-4-13(19)5-15(20)17(12)26-9-11/h3-5,10,14,16H,6-9H2,1-2H3/t14-,16+/m1/s1. The highest BCUT2D eigenvalue weighted by molar-refractivity contribution is 6.36. The summed E-state index contributed by atoms with van der Waals surface area (Å²) in [6.07, 6.45) is 4.92. The van der Waals surface area contributed by atoms with E-state index in [0.717, 1.165) is 30.9 Å². The number of hydrogen-bond donors (Lipinski definition) is 0. The topological polar surface area (TPSA) is 52.4 Å². The molecule has 0 amide bonds. The lowest BCUT2D eigenvalue weighted by Crippen LogP contribution is -2.30. The van der Waals surface area contributed by atoms with Crippen LogP contribution in [0.15, 0.2) is 24.0 Å². The molecule has 0 bridgehead atoms. The summed E-state index contributed by atoms with van der Waals surface area (Å²) < 4.78 is 13.5. The number of aryl methyl sites for hydroxylation is 1. The van der Waals surface area contributed by atoms with Crippen molar-refractivity contribution in [3.63, 3.8) is 0 Å². The molecule has 6 nitrogen and oxygen atoms in total. The normalized spacial score (nSPS) is 22.8. The van der Waals surface area contributed by atoms with Gasteiger partial charge >= 0.3 is 0 Å². The Morgan fingerprint density at radius 1 is 1.35 bits per heavy atom. The van der Waals surface area contributed by atoms with Crippen molar-refractivity contribution in [2.45, 2.75) is 18.6 Å². The molecule has 0 saturated carbocycles. The van der Waals surface area contributed by atoms with E-state index >= 15 is 0 Å². The fraction of sp³-hybridized carbons (Fsp3) is 0.444. The summed E-state index contributed by atoms with van der Waals surface area (Å²) >= 11 is 12.4. The Hall–Kier alpha value is -1.60. The summed E-state index contributed by atoms with van der Waals surface area (Å²) in [5.41, 5.74) is 2.08. The van der Waals surface area contributed by atoms with Crippen molar-refractivity contribution < 1.29 is 9.47 Å². The first-order valence-electron chi connectivity index (χ1n) is 8.47. The van der Waals surface area contributed by atoms with Crippen LogP contribution in [0.4, 0.5) is 0 Å². The van der Waals surface area contributed by atoms with Gasteiger partial charge in [-0.05, 0) is 30.2 Å². The maximum absolute atomic E-state index is 6.23. The number of aromatic nitrogens is 3. The molecular weight excluding hydrogens is 375 g/mol. The van der Waals surface area contributed by atoms with Gasteiger partial charge in [0, 0.05) is 37.8 Å². The Labute approximate surface area is 162 Å². The zero-order valence-electron chi connectivity index (χ0n) is 14.7. The van der Waals surface area contributed by atoms with Gasteiger partial charge in [0.05, 0.1) is 17.2 Å². The van der Waals surface area contributed by atoms with E-state index in [9.17, 15) is 0 Å². The molecule has 0 unspecified atom stereocenters. The van der Waals surface area contributed by atoms with Crippen LogP contribution in [0.2, 0.25) is 10.0 Å². The Morgan fingerprint density at radius 3 is 2.92 bits per heavy atom. The Kier molecular flexibility index (Phi) is 4.92. The first kappa shape index (κ1) is 17.8. The predicted molar refractivity (Wildman–Crippen MR) is 101 cm³/mol. The quantitative estimate of drug-likeness (QED) is 0.795. The summed E-state index contributed by atoms with van der Waals surface area (Å²) in [7, 11) is 3.72. The number of benzene rings is 1. The molecule has 1 aromatic carbocycles. The number of likely N-dealkylation sites (tertiary alicyclic amines) is 1. The molecular formula is C18H20Cl2N4O2. The van der Waals surface area contributed by atoms with Gasteiger partial charge in [0.2, 0.25) is 0 Å². The molecule has 2 aromatic rings. The third-order valence-corrected chi connectivity index (χ3v) is 5.45. The number of rotatable bonds is 4. The molecule has 0 radical (unpaired) electrons. The van der Waals surface area contributed by atoms with E-state index in [1.54, 1.807) is 19.5 Å². The van der Waals surface area contributed by atoms with Gasteiger partial charge < -0.3 is 14.0 Å². The fourth-order valence-electron chi connectivity index (χ4n) is 3.69. The Balaban J connectivity index is 1.59. The average molecular weight is 395 g/mol. The number of ether oxygens (including phenoxy) is 2. The second-order valence-electron chi connectivity index (χ2n) is 6.74. The summed E-state index contributed by atoms with van der Waals surface area (Å²) in [6, 6.07) is 3.75. The van der Waals surface area contributed by atoms with Crippen molar-refractivity contribution in [3.8, 4) is 5.75 Å². The average Bonchev–Trinajstić information content (AvgIpc) is 3.20. The Bertz CT molecular complexity index is 852. The number of halogens is 2. The highest BCUT2D eigenvalue weighted by Crippen LogP contribution is 2.38. The van der Waals surface area contributed by atoms with Crippen LogP contribution in [0, 0.1) is 0 Å². The van der Waals surface area contributed by atoms with Crippen molar-refractivity contribution in [1.82, 2.24) is 19.7 Å². The third-order valence-electron chi connectivity index (χ3n) is 4.95. The first-order valence-corrected chi connectivity index (χ1v) is 9.22. The molecule has 1 fully saturated rings. The molecule has 4 rings (SSSR count). The zero-order chi connectivity index (χ0) is 18.3. The van der Waals surface area contributed by atoms with Crippen molar-refractivity contribution in [1.29, 1.82) is 0 Å². The second kappa shape index (κ2) is 7.19. The van der Waals surface area contributed by atoms with Crippen LogP contribution in [0.1, 0.15) is 23.9 Å². The van der Waals surface area contributed by atoms with Crippen LogP contribution in [0.25, 0.3) is 6.08 Å². The van der Waals surface area contributed by atoms with Crippen LogP contribution >= 0.6 is 23.2 Å². The van der Waals surface area contributed by atoms with E-state index in [1.165, 1.54) is 5.57 Å². The highest BCUT2D eigenvalue weighted by atomic mass is 35.5. The molecule has 1 aromatic heterocycles. The van der Waals surface area contributed by atoms with Gasteiger partial charge in [-0.2, -0.15) is 0 Å². The smallest absolute Gasteiger partial charge is 0.150 e. The van der Waals surface area contributed by atoms with Crippen LogP contribution in [0.5, 0.6) is 5.75 Å². The third kappa shape index (κ3) is 3.34. The minimum Gasteiger partial charge on any atom is -0.487 e. The van der Waals surface area contributed by atoms with Crippen molar-refractivity contribution in [2.75, 3.05) is 26.8 Å². The number of fused-ring (bicyclic) bond motifs is 1. The van der Waals surface area contributed by atoms with E-state index < -0.39 is 0 Å². The molecule has 8 heteroatoms. The molecule has 26 heavy (non-hydrogen) atoms. The number of hydrogen-bond acceptors (Lipinski definition) is 5. The Morgan fingerprint density at radius 2 is 2.19 bits per heavy atom. The molecule has 2 aliphatic rings. The van der Waals surface area contributed by atoms with Crippen LogP contribution in [-0.2, 0) is 11.8 Å². The van der Waals surface area contributed by atoms with Gasteiger partial charge in [-0.15, -0.1) is 10.2 Å². The molecule has 2 aliphatic heterocycles. The van der Waals surface area contributed by atoms with Crippen LogP contribution < -0.4 is 4.74 Å². The molecule has 0 N–H and O–H groups in total. The zero-order valence-corrected chi connectivity index (χ0v) is 16.2. The molecule has 3 heterocycles. The van der Waals surface area contributed by atoms with Gasteiger partial charge in [0.1, 0.15) is 24.5 Å². The maximum atomic E-state index is 6.23. The molecule has 1 saturated heterocycles. The van der Waals surface area contributed by atoms with Crippen LogP contribution in [-0.4, -0.2) is 52.6 Å². The minimum atomic E-state index is 0.165. The fourth-order valence-corrected chi connectivity index (χ4v) is 4.25.